The fourth-order valence-corrected chi connectivity index (χ4v) is 2.56. The van der Waals surface area contributed by atoms with E-state index in [0.717, 1.165) is 0 Å². The summed E-state index contributed by atoms with van der Waals surface area (Å²) in [5.41, 5.74) is 1.72. The van der Waals surface area contributed by atoms with Crippen LogP contribution < -0.4 is 5.32 Å². The highest BCUT2D eigenvalue weighted by Gasteiger charge is 2.29. The predicted octanol–water partition coefficient (Wildman–Crippen LogP) is 2.08. The van der Waals surface area contributed by atoms with Gasteiger partial charge >= 0.3 is 0 Å². The Morgan fingerprint density at radius 2 is 1.48 bits per heavy atom. The van der Waals surface area contributed by atoms with Gasteiger partial charge in [-0.15, -0.1) is 0 Å². The summed E-state index contributed by atoms with van der Waals surface area (Å²) < 4.78 is 0. The molecule has 0 unspecified atom stereocenters. The van der Waals surface area contributed by atoms with Gasteiger partial charge < -0.3 is 5.32 Å². The van der Waals surface area contributed by atoms with Crippen LogP contribution in [0.25, 0.3) is 0 Å². The lowest BCUT2D eigenvalue weighted by Gasteiger charge is -2.17. The Labute approximate surface area is 126 Å². The Morgan fingerprint density at radius 3 is 2.10 bits per heavy atom. The van der Waals surface area contributed by atoms with Gasteiger partial charge in [0.05, 0.1) is 5.88 Å². The SMILES string of the molecule is O=C(NCS)c1ccc2c(c1)C(=O)c1ccccc1C2=O. The molecule has 0 heterocycles. The minimum Gasteiger partial charge on any atom is -0.343 e. The highest BCUT2D eigenvalue weighted by molar-refractivity contribution is 7.80. The van der Waals surface area contributed by atoms with Crippen LogP contribution in [0.3, 0.4) is 0 Å². The van der Waals surface area contributed by atoms with Crippen LogP contribution in [-0.4, -0.2) is 23.4 Å². The van der Waals surface area contributed by atoms with Gasteiger partial charge in [-0.2, -0.15) is 12.6 Å². The van der Waals surface area contributed by atoms with Crippen molar-refractivity contribution in [1.82, 2.24) is 5.32 Å². The maximum absolute atomic E-state index is 12.5. The number of rotatable bonds is 2. The highest BCUT2D eigenvalue weighted by atomic mass is 32.1. The standard InChI is InChI=1S/C16H11NO3S/c18-14-10-3-1-2-4-11(10)15(19)13-7-9(5-6-12(13)14)16(20)17-8-21/h1-7,21H,8H2,(H,17,20). The molecule has 3 rings (SSSR count). The zero-order chi connectivity index (χ0) is 15.0. The van der Waals surface area contributed by atoms with Crippen molar-refractivity contribution >= 4 is 30.1 Å². The molecule has 0 aromatic heterocycles. The topological polar surface area (TPSA) is 63.2 Å². The number of benzene rings is 2. The van der Waals surface area contributed by atoms with E-state index >= 15 is 0 Å². The summed E-state index contributed by atoms with van der Waals surface area (Å²) in [6.45, 7) is 0. The minimum atomic E-state index is -0.327. The van der Waals surface area contributed by atoms with Crippen molar-refractivity contribution in [2.45, 2.75) is 0 Å². The number of nitrogens with one attached hydrogen (secondary N) is 1. The van der Waals surface area contributed by atoms with E-state index < -0.39 is 0 Å². The van der Waals surface area contributed by atoms with Crippen molar-refractivity contribution < 1.29 is 14.4 Å². The summed E-state index contributed by atoms with van der Waals surface area (Å²) in [5, 5.41) is 2.54. The van der Waals surface area contributed by atoms with E-state index in [0.29, 0.717) is 22.3 Å². The van der Waals surface area contributed by atoms with Crippen LogP contribution in [0.15, 0.2) is 42.5 Å². The molecule has 2 aromatic rings. The van der Waals surface area contributed by atoms with Crippen molar-refractivity contribution in [3.05, 3.63) is 70.3 Å². The minimum absolute atomic E-state index is 0.193. The van der Waals surface area contributed by atoms with Gasteiger partial charge in [-0.05, 0) is 18.2 Å². The second-order valence-corrected chi connectivity index (χ2v) is 4.94. The molecular weight excluding hydrogens is 286 g/mol. The number of amides is 1. The summed E-state index contributed by atoms with van der Waals surface area (Å²) in [5.74, 6) is -0.556. The Hall–Kier alpha value is -2.40. The first-order valence-electron chi connectivity index (χ1n) is 6.35. The monoisotopic (exact) mass is 297 g/mol. The Kier molecular flexibility index (Phi) is 3.35. The molecule has 0 fully saturated rings. The van der Waals surface area contributed by atoms with E-state index in [1.807, 2.05) is 0 Å². The van der Waals surface area contributed by atoms with Crippen LogP contribution in [0.4, 0.5) is 0 Å². The molecule has 0 saturated heterocycles. The van der Waals surface area contributed by atoms with Crippen LogP contribution in [0.5, 0.6) is 0 Å². The number of hydrogen-bond donors (Lipinski definition) is 2. The first-order chi connectivity index (χ1) is 10.1. The van der Waals surface area contributed by atoms with Crippen LogP contribution in [0.2, 0.25) is 0 Å². The fraction of sp³-hybridized carbons (Fsp3) is 0.0625. The van der Waals surface area contributed by atoms with Crippen molar-refractivity contribution in [3.63, 3.8) is 0 Å². The summed E-state index contributed by atoms with van der Waals surface area (Å²) >= 11 is 3.93. The van der Waals surface area contributed by atoms with Crippen molar-refractivity contribution in [2.24, 2.45) is 0 Å². The highest BCUT2D eigenvalue weighted by Crippen LogP contribution is 2.27. The van der Waals surface area contributed by atoms with Gasteiger partial charge in [-0.3, -0.25) is 14.4 Å². The van der Waals surface area contributed by atoms with Crippen molar-refractivity contribution in [3.8, 4) is 0 Å². The van der Waals surface area contributed by atoms with Crippen molar-refractivity contribution in [2.75, 3.05) is 5.88 Å². The fourth-order valence-electron chi connectivity index (χ4n) is 2.41. The molecule has 21 heavy (non-hydrogen) atoms. The molecular formula is C16H11NO3S. The molecule has 1 N–H and O–H groups in total. The molecule has 0 saturated carbocycles. The van der Waals surface area contributed by atoms with Gasteiger partial charge in [0, 0.05) is 27.8 Å². The molecule has 1 aliphatic carbocycles. The molecule has 0 atom stereocenters. The largest absolute Gasteiger partial charge is 0.343 e. The lowest BCUT2D eigenvalue weighted by molar-refractivity contribution is 0.0958. The number of fused-ring (bicyclic) bond motifs is 2. The Morgan fingerprint density at radius 1 is 0.905 bits per heavy atom. The molecule has 104 valence electrons. The van der Waals surface area contributed by atoms with Crippen molar-refractivity contribution in [1.29, 1.82) is 0 Å². The molecule has 4 nitrogen and oxygen atoms in total. The number of carbonyl (C=O) groups excluding carboxylic acids is 3. The zero-order valence-corrected chi connectivity index (χ0v) is 11.8. The normalized spacial score (nSPS) is 12.6. The van der Waals surface area contributed by atoms with E-state index in [1.54, 1.807) is 24.3 Å². The lowest BCUT2D eigenvalue weighted by Crippen LogP contribution is -2.24. The van der Waals surface area contributed by atoms with E-state index in [2.05, 4.69) is 17.9 Å². The van der Waals surface area contributed by atoms with Gasteiger partial charge in [0.1, 0.15) is 0 Å². The number of thiol groups is 1. The summed E-state index contributed by atoms with van der Waals surface area (Å²) in [4.78, 5) is 36.7. The average Bonchev–Trinajstić information content (AvgIpc) is 2.52. The molecule has 1 aliphatic rings. The van der Waals surface area contributed by atoms with Crippen LogP contribution in [0.1, 0.15) is 42.2 Å². The molecule has 0 spiro atoms. The first-order valence-corrected chi connectivity index (χ1v) is 6.98. The third-order valence-corrected chi connectivity index (χ3v) is 3.59. The predicted molar refractivity (Wildman–Crippen MR) is 81.1 cm³/mol. The Balaban J connectivity index is 2.13. The molecule has 2 aromatic carbocycles. The molecule has 1 amide bonds. The van der Waals surface area contributed by atoms with Crippen LogP contribution in [0, 0.1) is 0 Å². The molecule has 0 bridgehead atoms. The van der Waals surface area contributed by atoms with Gasteiger partial charge in [-0.1, -0.05) is 24.3 Å². The third-order valence-electron chi connectivity index (χ3n) is 3.43. The van der Waals surface area contributed by atoms with Crippen LogP contribution >= 0.6 is 12.6 Å². The quantitative estimate of drug-likeness (QED) is 0.562. The van der Waals surface area contributed by atoms with Crippen LogP contribution in [-0.2, 0) is 0 Å². The van der Waals surface area contributed by atoms with E-state index in [4.69, 9.17) is 0 Å². The average molecular weight is 297 g/mol. The summed E-state index contributed by atoms with van der Waals surface area (Å²) in [7, 11) is 0. The van der Waals surface area contributed by atoms with Gasteiger partial charge in [0.15, 0.2) is 11.6 Å². The number of ketones is 2. The second kappa shape index (κ2) is 5.18. The first kappa shape index (κ1) is 13.6. The van der Waals surface area contributed by atoms with E-state index in [9.17, 15) is 14.4 Å². The molecule has 0 aliphatic heterocycles. The summed E-state index contributed by atoms with van der Waals surface area (Å²) in [6.07, 6.45) is 0. The van der Waals surface area contributed by atoms with E-state index in [-0.39, 0.29) is 28.9 Å². The smallest absolute Gasteiger partial charge is 0.251 e. The summed E-state index contributed by atoms with van der Waals surface area (Å²) in [6, 6.07) is 11.2. The maximum Gasteiger partial charge on any atom is 0.251 e. The van der Waals surface area contributed by atoms with E-state index in [1.165, 1.54) is 18.2 Å². The second-order valence-electron chi connectivity index (χ2n) is 4.63. The zero-order valence-electron chi connectivity index (χ0n) is 10.9. The van der Waals surface area contributed by atoms with Gasteiger partial charge in [0.25, 0.3) is 5.91 Å². The Bertz CT molecular complexity index is 783. The maximum atomic E-state index is 12.5. The number of carbonyl (C=O) groups is 3. The number of hydrogen-bond acceptors (Lipinski definition) is 4. The molecule has 0 radical (unpaired) electrons. The van der Waals surface area contributed by atoms with Gasteiger partial charge in [-0.25, -0.2) is 0 Å². The van der Waals surface area contributed by atoms with Gasteiger partial charge in [0.2, 0.25) is 0 Å². The third kappa shape index (κ3) is 2.15. The molecule has 5 heteroatoms. The lowest BCUT2D eigenvalue weighted by atomic mass is 9.83.